The number of fused-ring (bicyclic) bond motifs is 3. The summed E-state index contributed by atoms with van der Waals surface area (Å²) in [6.45, 7) is 4.10. The number of nitrogens with one attached hydrogen (secondary N) is 2. The number of hydrogen-bond acceptors (Lipinski definition) is 7. The molecule has 0 saturated carbocycles. The van der Waals surface area contributed by atoms with Crippen LogP contribution in [0.2, 0.25) is 0 Å². The molecule has 4 aromatic rings. The first-order valence-electron chi connectivity index (χ1n) is 13.8. The van der Waals surface area contributed by atoms with Crippen LogP contribution >= 0.6 is 0 Å². The molecule has 2 N–H and O–H groups in total. The van der Waals surface area contributed by atoms with Crippen LogP contribution in [0.15, 0.2) is 48.7 Å². The first-order chi connectivity index (χ1) is 19.4. The molecule has 1 aliphatic heterocycles. The fourth-order valence-electron chi connectivity index (χ4n) is 5.75. The van der Waals surface area contributed by atoms with Gasteiger partial charge in [0.1, 0.15) is 5.75 Å². The summed E-state index contributed by atoms with van der Waals surface area (Å²) in [4.78, 5) is 24.8. The van der Waals surface area contributed by atoms with Crippen molar-refractivity contribution < 1.29 is 9.53 Å². The third kappa shape index (κ3) is 4.93. The van der Waals surface area contributed by atoms with E-state index in [1.54, 1.807) is 13.2 Å². The molecule has 1 aliphatic carbocycles. The molecule has 2 aliphatic rings. The SMILES string of the molecule is COc1cc(C(=O)NC2CCN(C)CC2)ccc1Nc1ncc2c(n1)-c1c(nn(C)c1-c1ccccc1C)CC2. The first kappa shape index (κ1) is 26.0. The number of aryl methyl sites for hydroxylation is 4. The molecular formula is C31H35N7O2. The summed E-state index contributed by atoms with van der Waals surface area (Å²) in [7, 11) is 5.71. The maximum atomic E-state index is 13.0. The van der Waals surface area contributed by atoms with Crippen molar-refractivity contribution in [3.05, 3.63) is 71.0 Å². The lowest BCUT2D eigenvalue weighted by Gasteiger charge is -2.29. The van der Waals surface area contributed by atoms with Crippen molar-refractivity contribution in [2.75, 3.05) is 32.6 Å². The molecule has 1 amide bonds. The Morgan fingerprint density at radius 2 is 1.88 bits per heavy atom. The number of amides is 1. The number of carbonyl (C=O) groups is 1. The number of ether oxygens (including phenoxy) is 1. The largest absolute Gasteiger partial charge is 0.495 e. The van der Waals surface area contributed by atoms with Gasteiger partial charge in [-0.15, -0.1) is 0 Å². The van der Waals surface area contributed by atoms with E-state index in [0.29, 0.717) is 22.9 Å². The van der Waals surface area contributed by atoms with Crippen molar-refractivity contribution in [1.29, 1.82) is 0 Å². The van der Waals surface area contributed by atoms with E-state index < -0.39 is 0 Å². The average Bonchev–Trinajstić information content (AvgIpc) is 3.30. The zero-order valence-electron chi connectivity index (χ0n) is 23.5. The van der Waals surface area contributed by atoms with Crippen molar-refractivity contribution >= 4 is 17.5 Å². The zero-order chi connectivity index (χ0) is 27.8. The average molecular weight is 538 g/mol. The summed E-state index contributed by atoms with van der Waals surface area (Å²) in [5.74, 6) is 0.935. The quantitative estimate of drug-likeness (QED) is 0.373. The van der Waals surface area contributed by atoms with Gasteiger partial charge in [0.2, 0.25) is 5.95 Å². The predicted octanol–water partition coefficient (Wildman–Crippen LogP) is 4.53. The second-order valence-corrected chi connectivity index (χ2v) is 10.8. The third-order valence-corrected chi connectivity index (χ3v) is 8.02. The Bertz CT molecular complexity index is 1570. The number of anilines is 2. The maximum Gasteiger partial charge on any atom is 0.251 e. The van der Waals surface area contributed by atoms with Gasteiger partial charge in [-0.1, -0.05) is 24.3 Å². The predicted molar refractivity (Wildman–Crippen MR) is 156 cm³/mol. The Hall–Kier alpha value is -4.24. The maximum absolute atomic E-state index is 13.0. The molecule has 40 heavy (non-hydrogen) atoms. The summed E-state index contributed by atoms with van der Waals surface area (Å²) < 4.78 is 7.62. The highest BCUT2D eigenvalue weighted by Crippen LogP contribution is 2.40. The van der Waals surface area contributed by atoms with Gasteiger partial charge in [0.25, 0.3) is 5.91 Å². The molecule has 1 fully saturated rings. The lowest BCUT2D eigenvalue weighted by Crippen LogP contribution is -2.43. The molecule has 0 atom stereocenters. The summed E-state index contributed by atoms with van der Waals surface area (Å²) in [5, 5.41) is 11.3. The van der Waals surface area contributed by atoms with Crippen LogP contribution in [0, 0.1) is 6.92 Å². The van der Waals surface area contributed by atoms with Crippen LogP contribution in [0.1, 0.15) is 40.0 Å². The van der Waals surface area contributed by atoms with E-state index in [1.165, 1.54) is 5.56 Å². The molecule has 6 rings (SSSR count). The van der Waals surface area contributed by atoms with Crippen molar-refractivity contribution in [1.82, 2.24) is 30.0 Å². The first-order valence-corrected chi connectivity index (χ1v) is 13.8. The molecule has 0 spiro atoms. The monoisotopic (exact) mass is 537 g/mol. The van der Waals surface area contributed by atoms with E-state index in [1.807, 2.05) is 30.1 Å². The van der Waals surface area contributed by atoms with Crippen LogP contribution in [0.5, 0.6) is 5.75 Å². The van der Waals surface area contributed by atoms with E-state index >= 15 is 0 Å². The van der Waals surface area contributed by atoms with Gasteiger partial charge in [0.05, 0.1) is 29.9 Å². The second kappa shape index (κ2) is 10.7. The Labute approximate surface area is 234 Å². The van der Waals surface area contributed by atoms with E-state index in [9.17, 15) is 4.79 Å². The number of likely N-dealkylation sites (tertiary alicyclic amines) is 1. The highest BCUT2D eigenvalue weighted by Gasteiger charge is 2.28. The van der Waals surface area contributed by atoms with Gasteiger partial charge >= 0.3 is 0 Å². The number of benzene rings is 2. The molecule has 9 nitrogen and oxygen atoms in total. The molecule has 2 aromatic carbocycles. The van der Waals surface area contributed by atoms with Gasteiger partial charge in [0.15, 0.2) is 0 Å². The fourth-order valence-corrected chi connectivity index (χ4v) is 5.75. The van der Waals surface area contributed by atoms with E-state index in [0.717, 1.165) is 72.5 Å². The Balaban J connectivity index is 1.28. The number of piperidine rings is 1. The van der Waals surface area contributed by atoms with Crippen LogP contribution in [0.25, 0.3) is 22.5 Å². The van der Waals surface area contributed by atoms with Gasteiger partial charge in [-0.25, -0.2) is 9.97 Å². The summed E-state index contributed by atoms with van der Waals surface area (Å²) in [6.07, 6.45) is 5.51. The Kier molecular flexibility index (Phi) is 6.98. The fraction of sp³-hybridized carbons (Fsp3) is 0.355. The van der Waals surface area contributed by atoms with E-state index in [2.05, 4.69) is 58.8 Å². The number of carbonyl (C=O) groups excluding carboxylic acids is 1. The van der Waals surface area contributed by atoms with Gasteiger partial charge in [-0.3, -0.25) is 9.48 Å². The molecule has 3 heterocycles. The number of hydrogen-bond donors (Lipinski definition) is 2. The molecule has 0 unspecified atom stereocenters. The van der Waals surface area contributed by atoms with Crippen LogP contribution in [0.3, 0.4) is 0 Å². The minimum atomic E-state index is -0.0859. The summed E-state index contributed by atoms with van der Waals surface area (Å²) in [6, 6.07) is 14.0. The van der Waals surface area contributed by atoms with Gasteiger partial charge in [0, 0.05) is 36.0 Å². The van der Waals surface area contributed by atoms with Gasteiger partial charge in [-0.05, 0) is 82.1 Å². The lowest BCUT2D eigenvalue weighted by molar-refractivity contribution is 0.0916. The Morgan fingerprint density at radius 3 is 2.65 bits per heavy atom. The van der Waals surface area contributed by atoms with Crippen LogP contribution in [-0.4, -0.2) is 63.8 Å². The highest BCUT2D eigenvalue weighted by atomic mass is 16.5. The molecule has 0 radical (unpaired) electrons. The standard InChI is InChI=1S/C31H35N7O2/c1-19-7-5-6-8-23(19)29-27-25(36-38(29)3)12-10-21-18-32-31(35-28(21)27)34-24-11-9-20(17-26(24)40-4)30(39)33-22-13-15-37(2)16-14-22/h5-9,11,17-18,22H,10,12-16H2,1-4H3,(H,33,39)(H,32,34,35). The normalized spacial score (nSPS) is 15.3. The van der Waals surface area contributed by atoms with E-state index in [4.69, 9.17) is 14.8 Å². The van der Waals surface area contributed by atoms with Crippen LogP contribution in [-0.2, 0) is 19.9 Å². The molecular weight excluding hydrogens is 502 g/mol. The second-order valence-electron chi connectivity index (χ2n) is 10.8. The molecule has 2 aromatic heterocycles. The highest BCUT2D eigenvalue weighted by molar-refractivity contribution is 5.95. The van der Waals surface area contributed by atoms with Gasteiger partial charge in [-0.2, -0.15) is 5.10 Å². The van der Waals surface area contributed by atoms with Gasteiger partial charge < -0.3 is 20.3 Å². The Morgan fingerprint density at radius 1 is 1.07 bits per heavy atom. The number of rotatable bonds is 6. The topological polar surface area (TPSA) is 97.2 Å². The zero-order valence-corrected chi connectivity index (χ0v) is 23.5. The number of nitrogens with zero attached hydrogens (tertiary/aromatic N) is 5. The number of methoxy groups -OCH3 is 1. The van der Waals surface area contributed by atoms with Crippen molar-refractivity contribution in [2.24, 2.45) is 7.05 Å². The van der Waals surface area contributed by atoms with Crippen molar-refractivity contribution in [3.8, 4) is 28.3 Å². The molecule has 0 bridgehead atoms. The number of aromatic nitrogens is 4. The third-order valence-electron chi connectivity index (χ3n) is 8.02. The van der Waals surface area contributed by atoms with Crippen molar-refractivity contribution in [3.63, 3.8) is 0 Å². The summed E-state index contributed by atoms with van der Waals surface area (Å²) >= 11 is 0. The smallest absolute Gasteiger partial charge is 0.251 e. The van der Waals surface area contributed by atoms with Crippen molar-refractivity contribution in [2.45, 2.75) is 38.6 Å². The van der Waals surface area contributed by atoms with Crippen LogP contribution in [0.4, 0.5) is 11.6 Å². The molecule has 1 saturated heterocycles. The van der Waals surface area contributed by atoms with E-state index in [-0.39, 0.29) is 11.9 Å². The summed E-state index contributed by atoms with van der Waals surface area (Å²) in [5.41, 5.74) is 8.79. The van der Waals surface area contributed by atoms with Crippen LogP contribution < -0.4 is 15.4 Å². The lowest BCUT2D eigenvalue weighted by atomic mass is 9.90. The minimum absolute atomic E-state index is 0.0859. The minimum Gasteiger partial charge on any atom is -0.495 e. The molecule has 9 heteroatoms. The molecule has 206 valence electrons.